The zero-order valence-electron chi connectivity index (χ0n) is 12.8. The number of hydrogen-bond donors (Lipinski definition) is 2. The van der Waals surface area contributed by atoms with Crippen molar-refractivity contribution in [3.05, 3.63) is 24.3 Å². The quantitative estimate of drug-likeness (QED) is 0.877. The van der Waals surface area contributed by atoms with Gasteiger partial charge < -0.3 is 10.4 Å². The second-order valence-corrected chi connectivity index (χ2v) is 8.41. The first kappa shape index (κ1) is 16.3. The van der Waals surface area contributed by atoms with Gasteiger partial charge in [0.1, 0.15) is 0 Å². The van der Waals surface area contributed by atoms with Crippen molar-refractivity contribution in [2.75, 3.05) is 17.6 Å². The van der Waals surface area contributed by atoms with Crippen molar-refractivity contribution < 1.29 is 13.5 Å². The lowest BCUT2D eigenvalue weighted by Gasteiger charge is -2.35. The number of anilines is 1. The molecule has 1 aliphatic carbocycles. The normalized spacial score (nSPS) is 26.5. The molecule has 0 radical (unpaired) electrons. The molecule has 5 heteroatoms. The van der Waals surface area contributed by atoms with Crippen LogP contribution in [0.3, 0.4) is 0 Å². The first-order valence-electron chi connectivity index (χ1n) is 7.64. The van der Waals surface area contributed by atoms with E-state index >= 15 is 0 Å². The number of nitrogens with one attached hydrogen (secondary N) is 1. The van der Waals surface area contributed by atoms with Crippen molar-refractivity contribution in [3.63, 3.8) is 0 Å². The number of rotatable bonds is 5. The van der Waals surface area contributed by atoms with Gasteiger partial charge in [0.2, 0.25) is 0 Å². The summed E-state index contributed by atoms with van der Waals surface area (Å²) in [6.07, 6.45) is 3.58. The van der Waals surface area contributed by atoms with Gasteiger partial charge in [0.25, 0.3) is 0 Å². The third-order valence-electron chi connectivity index (χ3n) is 4.42. The molecule has 1 saturated carbocycles. The summed E-state index contributed by atoms with van der Waals surface area (Å²) in [6.45, 7) is 4.24. The van der Waals surface area contributed by atoms with Gasteiger partial charge in [0.05, 0.1) is 21.9 Å². The summed E-state index contributed by atoms with van der Waals surface area (Å²) in [7, 11) is -3.25. The highest BCUT2D eigenvalue weighted by Crippen LogP contribution is 2.32. The summed E-state index contributed by atoms with van der Waals surface area (Å²) < 4.78 is 24.2. The van der Waals surface area contributed by atoms with Crippen molar-refractivity contribution in [1.29, 1.82) is 0 Å². The molecule has 4 nitrogen and oxygen atoms in total. The zero-order chi connectivity index (χ0) is 15.5. The topological polar surface area (TPSA) is 66.4 Å². The molecule has 2 N–H and O–H groups in total. The minimum absolute atomic E-state index is 0.0769. The molecular weight excluding hydrogens is 286 g/mol. The Bertz CT molecular complexity index is 575. The Kier molecular flexibility index (Phi) is 4.94. The van der Waals surface area contributed by atoms with Crippen molar-refractivity contribution >= 4 is 15.5 Å². The van der Waals surface area contributed by atoms with E-state index in [2.05, 4.69) is 12.2 Å². The van der Waals surface area contributed by atoms with Gasteiger partial charge in [-0.15, -0.1) is 0 Å². The summed E-state index contributed by atoms with van der Waals surface area (Å²) in [5.74, 6) is 0.742. The van der Waals surface area contributed by atoms with Crippen LogP contribution in [0.15, 0.2) is 29.2 Å². The minimum atomic E-state index is -3.25. The Hall–Kier alpha value is -1.07. The van der Waals surface area contributed by atoms with Crippen molar-refractivity contribution in [3.8, 4) is 0 Å². The molecule has 1 aromatic rings. The molecule has 0 aromatic heterocycles. The van der Waals surface area contributed by atoms with Crippen LogP contribution in [0, 0.1) is 5.92 Å². The van der Waals surface area contributed by atoms with E-state index in [1.165, 1.54) is 0 Å². The summed E-state index contributed by atoms with van der Waals surface area (Å²) in [6, 6.07) is 6.92. The maximum atomic E-state index is 12.1. The Morgan fingerprint density at radius 1 is 1.29 bits per heavy atom. The van der Waals surface area contributed by atoms with Gasteiger partial charge in [-0.05, 0) is 43.7 Å². The second-order valence-electron chi connectivity index (χ2n) is 6.16. The molecule has 0 bridgehead atoms. The van der Waals surface area contributed by atoms with Crippen molar-refractivity contribution in [2.45, 2.75) is 50.0 Å². The smallest absolute Gasteiger partial charge is 0.180 e. The van der Waals surface area contributed by atoms with E-state index in [0.717, 1.165) is 25.7 Å². The van der Waals surface area contributed by atoms with Gasteiger partial charge in [0.15, 0.2) is 9.84 Å². The first-order chi connectivity index (χ1) is 9.86. The van der Waals surface area contributed by atoms with E-state index in [4.69, 9.17) is 0 Å². The van der Waals surface area contributed by atoms with Gasteiger partial charge >= 0.3 is 0 Å². The Morgan fingerprint density at radius 2 is 1.90 bits per heavy atom. The molecule has 2 rings (SSSR count). The maximum absolute atomic E-state index is 12.1. The number of sulfone groups is 1. The highest BCUT2D eigenvalue weighted by molar-refractivity contribution is 7.91. The Morgan fingerprint density at radius 3 is 2.52 bits per heavy atom. The highest BCUT2D eigenvalue weighted by atomic mass is 32.2. The predicted octanol–water partition coefficient (Wildman–Crippen LogP) is 2.83. The van der Waals surface area contributed by atoms with Crippen LogP contribution in [0.1, 0.15) is 39.5 Å². The van der Waals surface area contributed by atoms with E-state index < -0.39 is 15.4 Å². The average molecular weight is 311 g/mol. The largest absolute Gasteiger partial charge is 0.388 e. The van der Waals surface area contributed by atoms with Crippen molar-refractivity contribution in [1.82, 2.24) is 0 Å². The molecule has 0 atom stereocenters. The standard InChI is InChI=1S/C16H25NO3S/c1-3-21(19,20)15-7-5-4-6-14(15)17-12-16(18)10-8-13(2)9-11-16/h4-7,13,17-18H,3,8-12H2,1-2H3. The molecule has 0 saturated heterocycles. The third-order valence-corrected chi connectivity index (χ3v) is 6.20. The fourth-order valence-corrected chi connectivity index (χ4v) is 3.85. The molecule has 0 aliphatic heterocycles. The molecule has 0 unspecified atom stereocenters. The van der Waals surface area contributed by atoms with Crippen LogP contribution >= 0.6 is 0 Å². The molecule has 1 aromatic carbocycles. The summed E-state index contributed by atoms with van der Waals surface area (Å²) in [4.78, 5) is 0.320. The lowest BCUT2D eigenvalue weighted by Crippen LogP contribution is -2.40. The Balaban J connectivity index is 2.11. The fourth-order valence-electron chi connectivity index (χ4n) is 2.78. The number of aliphatic hydroxyl groups is 1. The van der Waals surface area contributed by atoms with Gasteiger partial charge in [-0.3, -0.25) is 0 Å². The van der Waals surface area contributed by atoms with Crippen LogP contribution < -0.4 is 5.32 Å². The van der Waals surface area contributed by atoms with Crippen LogP contribution in [0.25, 0.3) is 0 Å². The van der Waals surface area contributed by atoms with Crippen molar-refractivity contribution in [2.24, 2.45) is 5.92 Å². The van der Waals surface area contributed by atoms with E-state index in [1.54, 1.807) is 25.1 Å². The molecule has 21 heavy (non-hydrogen) atoms. The lowest BCUT2D eigenvalue weighted by atomic mass is 9.79. The van der Waals surface area contributed by atoms with Crippen LogP contribution in [-0.4, -0.2) is 31.4 Å². The van der Waals surface area contributed by atoms with Crippen LogP contribution in [0.4, 0.5) is 5.69 Å². The molecule has 0 spiro atoms. The summed E-state index contributed by atoms with van der Waals surface area (Å²) >= 11 is 0. The predicted molar refractivity (Wildman–Crippen MR) is 85.2 cm³/mol. The second kappa shape index (κ2) is 6.36. The number of hydrogen-bond acceptors (Lipinski definition) is 4. The maximum Gasteiger partial charge on any atom is 0.180 e. The average Bonchev–Trinajstić information content (AvgIpc) is 2.49. The van der Waals surface area contributed by atoms with Gasteiger partial charge in [0, 0.05) is 6.54 Å². The van der Waals surface area contributed by atoms with E-state index in [1.807, 2.05) is 6.07 Å². The molecule has 0 heterocycles. The molecule has 1 aliphatic rings. The van der Waals surface area contributed by atoms with Gasteiger partial charge in [-0.1, -0.05) is 26.0 Å². The molecule has 1 fully saturated rings. The first-order valence-corrected chi connectivity index (χ1v) is 9.29. The third kappa shape index (κ3) is 3.98. The van der Waals surface area contributed by atoms with Crippen LogP contribution in [0.2, 0.25) is 0 Å². The summed E-state index contributed by atoms with van der Waals surface area (Å²) in [5.41, 5.74) is -0.137. The fraction of sp³-hybridized carbons (Fsp3) is 0.625. The molecule has 118 valence electrons. The zero-order valence-corrected chi connectivity index (χ0v) is 13.6. The number of benzene rings is 1. The minimum Gasteiger partial charge on any atom is -0.388 e. The number of para-hydroxylation sites is 1. The molecule has 0 amide bonds. The SMILES string of the molecule is CCS(=O)(=O)c1ccccc1NCC1(O)CCC(C)CC1. The highest BCUT2D eigenvalue weighted by Gasteiger charge is 2.31. The monoisotopic (exact) mass is 311 g/mol. The van der Waals surface area contributed by atoms with E-state index in [9.17, 15) is 13.5 Å². The van der Waals surface area contributed by atoms with Gasteiger partial charge in [-0.2, -0.15) is 0 Å². The Labute approximate surface area is 127 Å². The summed E-state index contributed by atoms with van der Waals surface area (Å²) in [5, 5.41) is 13.7. The molecular formula is C16H25NO3S. The van der Waals surface area contributed by atoms with Gasteiger partial charge in [-0.25, -0.2) is 8.42 Å². The van der Waals surface area contributed by atoms with E-state index in [-0.39, 0.29) is 5.75 Å². The van der Waals surface area contributed by atoms with Crippen LogP contribution in [-0.2, 0) is 9.84 Å². The lowest BCUT2D eigenvalue weighted by molar-refractivity contribution is 0.00497. The van der Waals surface area contributed by atoms with E-state index in [0.29, 0.717) is 23.0 Å². The van der Waals surface area contributed by atoms with Crippen LogP contribution in [0.5, 0.6) is 0 Å².